The summed E-state index contributed by atoms with van der Waals surface area (Å²) in [4.78, 5) is 15.2. The van der Waals surface area contributed by atoms with Gasteiger partial charge in [-0.15, -0.1) is 0 Å². The number of hydrogen-bond donors (Lipinski definition) is 1. The summed E-state index contributed by atoms with van der Waals surface area (Å²) in [6, 6.07) is 15.1. The number of aromatic nitrogens is 2. The topological polar surface area (TPSA) is 86.5 Å². The third-order valence-electron chi connectivity index (χ3n) is 5.13. The average molecular weight is 394 g/mol. The number of piperidine rings is 1. The number of hydrogen-bond acceptors (Lipinski definition) is 5. The van der Waals surface area contributed by atoms with Gasteiger partial charge in [-0.25, -0.2) is 4.68 Å². The van der Waals surface area contributed by atoms with Crippen molar-refractivity contribution in [2.45, 2.75) is 25.4 Å². The minimum absolute atomic E-state index is 0.0282. The minimum atomic E-state index is -0.0282. The van der Waals surface area contributed by atoms with Gasteiger partial charge >= 0.3 is 0 Å². The lowest BCUT2D eigenvalue weighted by atomic mass is 10.1. The van der Waals surface area contributed by atoms with Gasteiger partial charge in [-0.3, -0.25) is 4.79 Å². The Morgan fingerprint density at radius 2 is 1.97 bits per heavy atom. The molecule has 29 heavy (non-hydrogen) atoms. The maximum atomic E-state index is 13.3. The molecule has 3 heterocycles. The summed E-state index contributed by atoms with van der Waals surface area (Å²) in [6.07, 6.45) is 4.34. The van der Waals surface area contributed by atoms with Crippen LogP contribution in [0.2, 0.25) is 0 Å². The fourth-order valence-electron chi connectivity index (χ4n) is 3.57. The van der Waals surface area contributed by atoms with E-state index in [-0.39, 0.29) is 12.0 Å². The quantitative estimate of drug-likeness (QED) is 0.622. The summed E-state index contributed by atoms with van der Waals surface area (Å²) in [5.41, 5.74) is 7.54. The number of benzene rings is 1. The van der Waals surface area contributed by atoms with Gasteiger partial charge in [-0.1, -0.05) is 18.2 Å². The lowest BCUT2D eigenvalue weighted by Crippen LogP contribution is -2.41. The van der Waals surface area contributed by atoms with Crippen LogP contribution in [0.1, 0.15) is 29.8 Å². The second kappa shape index (κ2) is 9.07. The Bertz CT molecular complexity index is 913. The summed E-state index contributed by atoms with van der Waals surface area (Å²) >= 11 is 0. The van der Waals surface area contributed by atoms with E-state index in [0.717, 1.165) is 24.9 Å². The second-order valence-electron chi connectivity index (χ2n) is 7.14. The van der Waals surface area contributed by atoms with Crippen molar-refractivity contribution in [3.8, 4) is 17.1 Å². The van der Waals surface area contributed by atoms with Crippen molar-refractivity contribution >= 4 is 5.91 Å². The largest absolute Gasteiger partial charge is 0.463 e. The Morgan fingerprint density at radius 3 is 2.66 bits per heavy atom. The Kier molecular flexibility index (Phi) is 6.07. The molecule has 1 saturated heterocycles. The molecule has 7 heteroatoms. The highest BCUT2D eigenvalue weighted by Gasteiger charge is 2.27. The number of amides is 1. The number of carbonyl (C=O) groups excluding carboxylic acids is 1. The first kappa shape index (κ1) is 19.4. The first-order chi connectivity index (χ1) is 14.3. The lowest BCUT2D eigenvalue weighted by Gasteiger charge is -2.32. The number of furan rings is 1. The van der Waals surface area contributed by atoms with Gasteiger partial charge in [0.25, 0.3) is 5.91 Å². The Morgan fingerprint density at radius 1 is 1.17 bits per heavy atom. The lowest BCUT2D eigenvalue weighted by molar-refractivity contribution is 0.00821. The zero-order chi connectivity index (χ0) is 20.1. The van der Waals surface area contributed by atoms with E-state index >= 15 is 0 Å². The van der Waals surface area contributed by atoms with Crippen molar-refractivity contribution in [2.24, 2.45) is 5.73 Å². The summed E-state index contributed by atoms with van der Waals surface area (Å²) in [5, 5.41) is 4.64. The van der Waals surface area contributed by atoms with Gasteiger partial charge in [0, 0.05) is 25.8 Å². The van der Waals surface area contributed by atoms with E-state index in [1.807, 2.05) is 47.4 Å². The monoisotopic (exact) mass is 394 g/mol. The van der Waals surface area contributed by atoms with E-state index in [2.05, 4.69) is 5.10 Å². The maximum Gasteiger partial charge on any atom is 0.272 e. The van der Waals surface area contributed by atoms with E-state index in [4.69, 9.17) is 14.9 Å². The van der Waals surface area contributed by atoms with Crippen LogP contribution in [0.15, 0.2) is 59.2 Å². The molecule has 3 aromatic rings. The van der Waals surface area contributed by atoms with Crippen molar-refractivity contribution in [1.29, 1.82) is 0 Å². The van der Waals surface area contributed by atoms with Crippen molar-refractivity contribution in [1.82, 2.24) is 14.7 Å². The standard InChI is InChI=1S/C22H26N4O3/c23-11-5-15-28-18-9-12-25(13-10-18)22(27)20-16-19(21-8-4-14-29-21)24-26(20)17-6-2-1-3-7-17/h1-4,6-8,14,16,18H,5,9-13,15,23H2. The number of nitrogens with two attached hydrogens (primary N) is 1. The van der Waals surface area contributed by atoms with Gasteiger partial charge in [0.2, 0.25) is 0 Å². The summed E-state index contributed by atoms with van der Waals surface area (Å²) in [6.45, 7) is 2.66. The molecule has 152 valence electrons. The summed E-state index contributed by atoms with van der Waals surface area (Å²) in [7, 11) is 0. The molecule has 2 N–H and O–H groups in total. The number of rotatable bonds is 7. The molecular weight excluding hydrogens is 368 g/mol. The second-order valence-corrected chi connectivity index (χ2v) is 7.14. The third kappa shape index (κ3) is 4.41. The predicted octanol–water partition coefficient (Wildman–Crippen LogP) is 3.10. The molecule has 0 radical (unpaired) electrons. The molecule has 1 fully saturated rings. The number of carbonyl (C=O) groups is 1. The molecule has 0 bridgehead atoms. The molecule has 1 aliphatic rings. The van der Waals surface area contributed by atoms with Crippen LogP contribution in [0.3, 0.4) is 0 Å². The average Bonchev–Trinajstić information content (AvgIpc) is 3.45. The molecule has 1 amide bonds. The van der Waals surface area contributed by atoms with Crippen LogP contribution in [0.5, 0.6) is 0 Å². The highest BCUT2D eigenvalue weighted by atomic mass is 16.5. The van der Waals surface area contributed by atoms with Crippen molar-refractivity contribution in [2.75, 3.05) is 26.2 Å². The van der Waals surface area contributed by atoms with Gasteiger partial charge in [0.05, 0.1) is 18.1 Å². The van der Waals surface area contributed by atoms with E-state index in [1.54, 1.807) is 17.0 Å². The first-order valence-corrected chi connectivity index (χ1v) is 10.1. The van der Waals surface area contributed by atoms with Crippen LogP contribution in [0.4, 0.5) is 0 Å². The fourth-order valence-corrected chi connectivity index (χ4v) is 3.57. The first-order valence-electron chi connectivity index (χ1n) is 10.1. The number of likely N-dealkylation sites (tertiary alicyclic amines) is 1. The Hall–Kier alpha value is -2.90. The van der Waals surface area contributed by atoms with E-state index < -0.39 is 0 Å². The van der Waals surface area contributed by atoms with Crippen LogP contribution in [-0.2, 0) is 4.74 Å². The highest BCUT2D eigenvalue weighted by molar-refractivity contribution is 5.94. The molecule has 1 aromatic carbocycles. The summed E-state index contributed by atoms with van der Waals surface area (Å²) < 4.78 is 13.0. The van der Waals surface area contributed by atoms with Crippen LogP contribution in [-0.4, -0.2) is 52.9 Å². The molecule has 0 atom stereocenters. The normalized spacial score (nSPS) is 15.0. The third-order valence-corrected chi connectivity index (χ3v) is 5.13. The zero-order valence-corrected chi connectivity index (χ0v) is 16.4. The van der Waals surface area contributed by atoms with Gasteiger partial charge in [0.15, 0.2) is 5.76 Å². The Labute approximate surface area is 170 Å². The predicted molar refractivity (Wildman–Crippen MR) is 110 cm³/mol. The van der Waals surface area contributed by atoms with E-state index in [9.17, 15) is 4.79 Å². The van der Waals surface area contributed by atoms with Gasteiger partial charge < -0.3 is 19.8 Å². The Balaban J connectivity index is 1.54. The molecule has 0 aliphatic carbocycles. The van der Waals surface area contributed by atoms with Crippen molar-refractivity contribution < 1.29 is 13.9 Å². The van der Waals surface area contributed by atoms with E-state index in [0.29, 0.717) is 43.4 Å². The van der Waals surface area contributed by atoms with Crippen molar-refractivity contribution in [3.63, 3.8) is 0 Å². The maximum absolute atomic E-state index is 13.3. The molecule has 7 nitrogen and oxygen atoms in total. The number of para-hydroxylation sites is 1. The van der Waals surface area contributed by atoms with Gasteiger partial charge in [-0.05, 0) is 50.1 Å². The molecule has 1 aliphatic heterocycles. The SMILES string of the molecule is NCCCOC1CCN(C(=O)c2cc(-c3ccco3)nn2-c2ccccc2)CC1. The van der Waals surface area contributed by atoms with Gasteiger partial charge in [-0.2, -0.15) is 5.10 Å². The van der Waals surface area contributed by atoms with E-state index in [1.165, 1.54) is 0 Å². The molecule has 0 unspecified atom stereocenters. The molecule has 4 rings (SSSR count). The van der Waals surface area contributed by atoms with Crippen LogP contribution in [0.25, 0.3) is 17.1 Å². The zero-order valence-electron chi connectivity index (χ0n) is 16.4. The number of nitrogens with zero attached hydrogens (tertiary/aromatic N) is 3. The fraction of sp³-hybridized carbons (Fsp3) is 0.364. The van der Waals surface area contributed by atoms with Crippen LogP contribution < -0.4 is 5.73 Å². The molecule has 0 spiro atoms. The van der Waals surface area contributed by atoms with Crippen molar-refractivity contribution in [3.05, 3.63) is 60.5 Å². The van der Waals surface area contributed by atoms with Gasteiger partial charge in [0.1, 0.15) is 11.4 Å². The smallest absolute Gasteiger partial charge is 0.272 e. The molecule has 0 saturated carbocycles. The number of ether oxygens (including phenoxy) is 1. The highest BCUT2D eigenvalue weighted by Crippen LogP contribution is 2.24. The minimum Gasteiger partial charge on any atom is -0.463 e. The van der Waals surface area contributed by atoms with Crippen LogP contribution in [0, 0.1) is 0 Å². The van der Waals surface area contributed by atoms with Crippen LogP contribution >= 0.6 is 0 Å². The summed E-state index contributed by atoms with van der Waals surface area (Å²) in [5.74, 6) is 0.611. The molecular formula is C22H26N4O3. The molecule has 2 aromatic heterocycles.